The molecule has 4 nitrogen and oxygen atoms in total. The summed E-state index contributed by atoms with van der Waals surface area (Å²) in [6, 6.07) is 8.01. The molecule has 0 aromatic heterocycles. The number of hydrogen-bond donors (Lipinski definition) is 2. The van der Waals surface area contributed by atoms with Crippen molar-refractivity contribution in [1.82, 2.24) is 10.6 Å². The summed E-state index contributed by atoms with van der Waals surface area (Å²) in [7, 11) is 0. The molecular weight excluding hydrogens is 216 g/mol. The molecule has 4 heteroatoms. The Balaban J connectivity index is 2.14. The molecule has 0 aliphatic carbocycles. The molecule has 1 saturated heterocycles. The van der Waals surface area contributed by atoms with Crippen molar-refractivity contribution in [3.8, 4) is 5.75 Å². The summed E-state index contributed by atoms with van der Waals surface area (Å²) >= 11 is 0. The van der Waals surface area contributed by atoms with Crippen LogP contribution in [0.1, 0.15) is 24.9 Å². The molecule has 1 aromatic rings. The second kappa shape index (κ2) is 5.68. The molecule has 1 aliphatic rings. The van der Waals surface area contributed by atoms with Crippen LogP contribution < -0.4 is 15.4 Å². The van der Waals surface area contributed by atoms with E-state index in [4.69, 9.17) is 4.74 Å². The number of carbonyl (C=O) groups is 1. The summed E-state index contributed by atoms with van der Waals surface area (Å²) in [4.78, 5) is 11.5. The van der Waals surface area contributed by atoms with Crippen molar-refractivity contribution >= 4 is 5.91 Å². The van der Waals surface area contributed by atoms with Crippen LogP contribution in [-0.4, -0.2) is 25.6 Å². The lowest BCUT2D eigenvalue weighted by atomic mass is 10.0. The molecule has 1 unspecified atom stereocenters. The maximum atomic E-state index is 11.5. The van der Waals surface area contributed by atoms with E-state index in [1.807, 2.05) is 31.2 Å². The summed E-state index contributed by atoms with van der Waals surface area (Å²) in [5.41, 5.74) is 1.10. The largest absolute Gasteiger partial charge is 0.494 e. The maximum absolute atomic E-state index is 11.5. The topological polar surface area (TPSA) is 50.4 Å². The zero-order valence-electron chi connectivity index (χ0n) is 10.0. The van der Waals surface area contributed by atoms with Crippen molar-refractivity contribution in [1.29, 1.82) is 0 Å². The van der Waals surface area contributed by atoms with Gasteiger partial charge in [-0.1, -0.05) is 12.1 Å². The fourth-order valence-corrected chi connectivity index (χ4v) is 2.00. The fraction of sp³-hybridized carbons (Fsp3) is 0.462. The van der Waals surface area contributed by atoms with Crippen LogP contribution in [0.5, 0.6) is 5.75 Å². The standard InChI is InChI=1S/C13H18N2O2/c1-2-17-11-5-3-4-10(8-11)12-9-13(16)15-7-6-14-12/h3-5,8,12,14H,2,6-7,9H2,1H3,(H,15,16). The van der Waals surface area contributed by atoms with Crippen LogP contribution >= 0.6 is 0 Å². The predicted molar refractivity (Wildman–Crippen MR) is 66.0 cm³/mol. The molecule has 1 aromatic carbocycles. The minimum atomic E-state index is 0.0814. The molecular formula is C13H18N2O2. The second-order valence-corrected chi connectivity index (χ2v) is 4.07. The average molecular weight is 234 g/mol. The van der Waals surface area contributed by atoms with Crippen molar-refractivity contribution in [2.45, 2.75) is 19.4 Å². The van der Waals surface area contributed by atoms with E-state index < -0.39 is 0 Å². The molecule has 0 spiro atoms. The van der Waals surface area contributed by atoms with Gasteiger partial charge < -0.3 is 15.4 Å². The van der Waals surface area contributed by atoms with Crippen molar-refractivity contribution < 1.29 is 9.53 Å². The molecule has 1 atom stereocenters. The number of carbonyl (C=O) groups excluding carboxylic acids is 1. The van der Waals surface area contributed by atoms with Crippen LogP contribution in [0.25, 0.3) is 0 Å². The number of benzene rings is 1. The molecule has 0 radical (unpaired) electrons. The molecule has 2 N–H and O–H groups in total. The molecule has 2 rings (SSSR count). The smallest absolute Gasteiger partial charge is 0.221 e. The van der Waals surface area contributed by atoms with Crippen LogP contribution in [0.2, 0.25) is 0 Å². The summed E-state index contributed by atoms with van der Waals surface area (Å²) in [6.07, 6.45) is 0.482. The monoisotopic (exact) mass is 234 g/mol. The Morgan fingerprint density at radius 2 is 2.29 bits per heavy atom. The number of nitrogens with one attached hydrogen (secondary N) is 2. The van der Waals surface area contributed by atoms with Gasteiger partial charge in [-0.25, -0.2) is 0 Å². The third-order valence-electron chi connectivity index (χ3n) is 2.80. The van der Waals surface area contributed by atoms with Gasteiger partial charge in [0.2, 0.25) is 5.91 Å². The Labute approximate surface area is 101 Å². The molecule has 92 valence electrons. The van der Waals surface area contributed by atoms with Crippen LogP contribution in [-0.2, 0) is 4.79 Å². The van der Waals surface area contributed by atoms with Crippen molar-refractivity contribution in [2.75, 3.05) is 19.7 Å². The predicted octanol–water partition coefficient (Wildman–Crippen LogP) is 1.24. The highest BCUT2D eigenvalue weighted by atomic mass is 16.5. The highest BCUT2D eigenvalue weighted by Crippen LogP contribution is 2.22. The van der Waals surface area contributed by atoms with E-state index in [-0.39, 0.29) is 11.9 Å². The Morgan fingerprint density at radius 3 is 3.12 bits per heavy atom. The third-order valence-corrected chi connectivity index (χ3v) is 2.80. The normalized spacial score (nSPS) is 20.5. The van der Waals surface area contributed by atoms with E-state index in [9.17, 15) is 4.79 Å². The highest BCUT2D eigenvalue weighted by molar-refractivity contribution is 5.77. The van der Waals surface area contributed by atoms with Crippen molar-refractivity contribution in [2.24, 2.45) is 0 Å². The quantitative estimate of drug-likeness (QED) is 0.827. The first kappa shape index (κ1) is 11.9. The van der Waals surface area contributed by atoms with E-state index >= 15 is 0 Å². The van der Waals surface area contributed by atoms with Crippen LogP contribution in [0, 0.1) is 0 Å². The van der Waals surface area contributed by atoms with E-state index in [1.54, 1.807) is 0 Å². The van der Waals surface area contributed by atoms with Crippen molar-refractivity contribution in [3.63, 3.8) is 0 Å². The Bertz CT molecular complexity index is 393. The highest BCUT2D eigenvalue weighted by Gasteiger charge is 2.18. The van der Waals surface area contributed by atoms with Gasteiger partial charge in [0.25, 0.3) is 0 Å². The fourth-order valence-electron chi connectivity index (χ4n) is 2.00. The molecule has 0 bridgehead atoms. The zero-order valence-corrected chi connectivity index (χ0v) is 10.0. The first-order valence-electron chi connectivity index (χ1n) is 6.02. The molecule has 1 aliphatic heterocycles. The Hall–Kier alpha value is -1.55. The van der Waals surface area contributed by atoms with Gasteiger partial charge in [-0.15, -0.1) is 0 Å². The van der Waals surface area contributed by atoms with Gasteiger partial charge in [-0.3, -0.25) is 4.79 Å². The van der Waals surface area contributed by atoms with Crippen LogP contribution in [0.4, 0.5) is 0 Å². The summed E-state index contributed by atoms with van der Waals surface area (Å²) in [5, 5.41) is 6.21. The molecule has 1 heterocycles. The maximum Gasteiger partial charge on any atom is 0.221 e. The first-order valence-corrected chi connectivity index (χ1v) is 6.02. The summed E-state index contributed by atoms with van der Waals surface area (Å²) in [6.45, 7) is 4.11. The van der Waals surface area contributed by atoms with Crippen LogP contribution in [0.15, 0.2) is 24.3 Å². The van der Waals surface area contributed by atoms with E-state index in [0.29, 0.717) is 19.6 Å². The number of rotatable bonds is 3. The van der Waals surface area contributed by atoms with Gasteiger partial charge in [-0.05, 0) is 24.6 Å². The van der Waals surface area contributed by atoms with Crippen molar-refractivity contribution in [3.05, 3.63) is 29.8 Å². The van der Waals surface area contributed by atoms with Gasteiger partial charge in [0.15, 0.2) is 0 Å². The Morgan fingerprint density at radius 1 is 1.41 bits per heavy atom. The number of hydrogen-bond acceptors (Lipinski definition) is 3. The second-order valence-electron chi connectivity index (χ2n) is 4.07. The lowest BCUT2D eigenvalue weighted by Gasteiger charge is -2.15. The van der Waals surface area contributed by atoms with E-state index in [2.05, 4.69) is 10.6 Å². The summed E-state index contributed by atoms with van der Waals surface area (Å²) in [5.74, 6) is 0.957. The lowest BCUT2D eigenvalue weighted by Crippen LogP contribution is -2.24. The number of ether oxygens (including phenoxy) is 1. The van der Waals surface area contributed by atoms with Crippen LogP contribution in [0.3, 0.4) is 0 Å². The number of amides is 1. The average Bonchev–Trinajstić information content (AvgIpc) is 2.55. The Kier molecular flexibility index (Phi) is 3.98. The molecule has 1 fully saturated rings. The molecule has 1 amide bonds. The molecule has 17 heavy (non-hydrogen) atoms. The zero-order chi connectivity index (χ0) is 12.1. The molecule has 0 saturated carbocycles. The van der Waals surface area contributed by atoms with Gasteiger partial charge in [-0.2, -0.15) is 0 Å². The lowest BCUT2D eigenvalue weighted by molar-refractivity contribution is -0.121. The minimum Gasteiger partial charge on any atom is -0.494 e. The third kappa shape index (κ3) is 3.20. The van der Waals surface area contributed by atoms with Gasteiger partial charge >= 0.3 is 0 Å². The first-order chi connectivity index (χ1) is 8.29. The SMILES string of the molecule is CCOc1cccc(C2CC(=O)NCCN2)c1. The van der Waals surface area contributed by atoms with Gasteiger partial charge in [0.1, 0.15) is 5.75 Å². The minimum absolute atomic E-state index is 0.0814. The summed E-state index contributed by atoms with van der Waals surface area (Å²) < 4.78 is 5.47. The van der Waals surface area contributed by atoms with Gasteiger partial charge in [0.05, 0.1) is 6.61 Å². The van der Waals surface area contributed by atoms with E-state index in [1.165, 1.54) is 0 Å². The van der Waals surface area contributed by atoms with Gasteiger partial charge in [0, 0.05) is 25.6 Å². The van der Waals surface area contributed by atoms with E-state index in [0.717, 1.165) is 17.9 Å².